The summed E-state index contributed by atoms with van der Waals surface area (Å²) < 4.78 is 14.5. The van der Waals surface area contributed by atoms with Gasteiger partial charge in [-0.15, -0.1) is 5.10 Å². The molecule has 0 spiro atoms. The van der Waals surface area contributed by atoms with E-state index in [9.17, 15) is 0 Å². The van der Waals surface area contributed by atoms with E-state index in [-0.39, 0.29) is 5.92 Å². The van der Waals surface area contributed by atoms with Gasteiger partial charge in [0.15, 0.2) is 5.15 Å². The van der Waals surface area contributed by atoms with Crippen LogP contribution in [0.4, 0.5) is 0 Å². The van der Waals surface area contributed by atoms with Gasteiger partial charge < -0.3 is 9.26 Å². The van der Waals surface area contributed by atoms with Gasteiger partial charge in [-0.05, 0) is 25.0 Å². The zero-order valence-electron chi connectivity index (χ0n) is 15.2. The maximum absolute atomic E-state index is 6.33. The zero-order valence-corrected chi connectivity index (χ0v) is 16.0. The Morgan fingerprint density at radius 3 is 3.14 bits per heavy atom. The number of hydrogen-bond acceptors (Lipinski definition) is 7. The van der Waals surface area contributed by atoms with Crippen molar-refractivity contribution >= 4 is 17.2 Å². The largest absolute Gasteiger partial charge is 0.383 e. The molecule has 28 heavy (non-hydrogen) atoms. The van der Waals surface area contributed by atoms with Crippen molar-refractivity contribution in [2.75, 3.05) is 13.7 Å². The Morgan fingerprint density at radius 2 is 2.25 bits per heavy atom. The third-order valence-corrected chi connectivity index (χ3v) is 5.35. The van der Waals surface area contributed by atoms with Gasteiger partial charge in [-0.3, -0.25) is 4.40 Å². The van der Waals surface area contributed by atoms with Crippen LogP contribution in [-0.4, -0.2) is 48.2 Å². The normalized spacial score (nSPS) is 16.6. The topological polar surface area (TPSA) is 96.2 Å². The Kier molecular flexibility index (Phi) is 4.33. The van der Waals surface area contributed by atoms with E-state index in [1.807, 2.05) is 33.5 Å². The number of hydrogen-bond donors (Lipinski definition) is 0. The lowest BCUT2D eigenvalue weighted by molar-refractivity contribution is 0.181. The molecule has 0 N–H and O–H groups in total. The summed E-state index contributed by atoms with van der Waals surface area (Å²) in [6.07, 6.45) is 4.36. The minimum Gasteiger partial charge on any atom is -0.383 e. The van der Waals surface area contributed by atoms with E-state index in [1.165, 1.54) is 0 Å². The molecule has 0 radical (unpaired) electrons. The predicted molar refractivity (Wildman–Crippen MR) is 100 cm³/mol. The number of nitrogens with zero attached hydrogens (tertiary/aromatic N) is 7. The highest BCUT2D eigenvalue weighted by Crippen LogP contribution is 2.33. The summed E-state index contributed by atoms with van der Waals surface area (Å²) in [5, 5.41) is 13.1. The molecule has 0 aliphatic heterocycles. The molecule has 5 rings (SSSR count). The highest BCUT2D eigenvalue weighted by atomic mass is 35.5. The quantitative estimate of drug-likeness (QED) is 0.508. The average molecular weight is 400 g/mol. The van der Waals surface area contributed by atoms with Crippen LogP contribution in [0.5, 0.6) is 0 Å². The molecule has 0 saturated heterocycles. The Hall–Kier alpha value is -2.78. The van der Waals surface area contributed by atoms with Crippen LogP contribution in [0.15, 0.2) is 28.9 Å². The Balaban J connectivity index is 1.44. The van der Waals surface area contributed by atoms with Crippen LogP contribution in [0.2, 0.25) is 5.15 Å². The number of ether oxygens (including phenoxy) is 1. The van der Waals surface area contributed by atoms with Crippen LogP contribution >= 0.6 is 11.6 Å². The van der Waals surface area contributed by atoms with Crippen LogP contribution in [0.3, 0.4) is 0 Å². The molecule has 0 fully saturated rings. The predicted octanol–water partition coefficient (Wildman–Crippen LogP) is 2.55. The molecule has 9 nitrogen and oxygen atoms in total. The molecule has 4 aromatic heterocycles. The first-order chi connectivity index (χ1) is 13.7. The van der Waals surface area contributed by atoms with E-state index >= 15 is 0 Å². The van der Waals surface area contributed by atoms with Gasteiger partial charge in [0.1, 0.15) is 11.3 Å². The van der Waals surface area contributed by atoms with E-state index in [4.69, 9.17) is 20.9 Å². The smallest absolute Gasteiger partial charge is 0.230 e. The van der Waals surface area contributed by atoms with Gasteiger partial charge in [-0.1, -0.05) is 28.0 Å². The lowest BCUT2D eigenvalue weighted by Gasteiger charge is -2.18. The Bertz CT molecular complexity index is 1130. The average Bonchev–Trinajstić information content (AvgIpc) is 3.41. The van der Waals surface area contributed by atoms with Crippen LogP contribution in [0, 0.1) is 0 Å². The van der Waals surface area contributed by atoms with Crippen LogP contribution < -0.4 is 0 Å². The summed E-state index contributed by atoms with van der Waals surface area (Å²) >= 11 is 6.33. The molecule has 144 valence electrons. The number of aryl methyl sites for hydroxylation is 1. The number of rotatable bonds is 5. The second-order valence-electron chi connectivity index (χ2n) is 6.77. The summed E-state index contributed by atoms with van der Waals surface area (Å²) in [4.78, 5) is 8.99. The molecule has 1 aliphatic rings. The van der Waals surface area contributed by atoms with Crippen molar-refractivity contribution < 1.29 is 9.26 Å². The second kappa shape index (κ2) is 6.99. The molecule has 0 aromatic carbocycles. The van der Waals surface area contributed by atoms with Gasteiger partial charge in [0.05, 0.1) is 24.5 Å². The fourth-order valence-corrected chi connectivity index (χ4v) is 3.93. The molecule has 10 heteroatoms. The maximum atomic E-state index is 6.33. The lowest BCUT2D eigenvalue weighted by atomic mass is 9.89. The summed E-state index contributed by atoms with van der Waals surface area (Å²) in [6, 6.07) is 5.70. The van der Waals surface area contributed by atoms with Gasteiger partial charge in [-0.25, -0.2) is 9.67 Å². The maximum Gasteiger partial charge on any atom is 0.230 e. The zero-order chi connectivity index (χ0) is 19.1. The molecule has 1 atom stereocenters. The molecule has 0 bridgehead atoms. The summed E-state index contributed by atoms with van der Waals surface area (Å²) in [6.45, 7) is 1.27. The first kappa shape index (κ1) is 17.3. The molecule has 4 aromatic rings. The molecular formula is C18H18ClN7O2. The fraction of sp³-hybridized carbons (Fsp3) is 0.389. The highest BCUT2D eigenvalue weighted by molar-refractivity contribution is 6.32. The van der Waals surface area contributed by atoms with Crippen molar-refractivity contribution in [3.05, 3.63) is 46.8 Å². The van der Waals surface area contributed by atoms with E-state index in [0.717, 1.165) is 36.3 Å². The number of methoxy groups -OCH3 is 1. The highest BCUT2D eigenvalue weighted by Gasteiger charge is 2.29. The van der Waals surface area contributed by atoms with E-state index in [0.29, 0.717) is 35.7 Å². The van der Waals surface area contributed by atoms with Gasteiger partial charge in [0.25, 0.3) is 0 Å². The number of imidazole rings is 1. The van der Waals surface area contributed by atoms with Crippen molar-refractivity contribution in [1.82, 2.24) is 34.5 Å². The van der Waals surface area contributed by atoms with Crippen molar-refractivity contribution in [2.45, 2.75) is 31.7 Å². The Morgan fingerprint density at radius 1 is 1.32 bits per heavy atom. The molecule has 1 unspecified atom stereocenters. The van der Waals surface area contributed by atoms with Crippen molar-refractivity contribution in [1.29, 1.82) is 0 Å². The standard InChI is InChI=1S/C18H18ClN7O2/c1-27-9-8-26-13-10-11(5-6-12(13)22-24-26)18-21-17(23-28-18)15-16(19)20-14-4-2-3-7-25(14)15/h2-4,7,11H,5-6,8-10H2,1H3. The third kappa shape index (κ3) is 2.87. The van der Waals surface area contributed by atoms with E-state index < -0.39 is 0 Å². The third-order valence-electron chi connectivity index (χ3n) is 5.08. The van der Waals surface area contributed by atoms with E-state index in [2.05, 4.69) is 25.4 Å². The summed E-state index contributed by atoms with van der Waals surface area (Å²) in [7, 11) is 1.68. The minimum atomic E-state index is 0.117. The minimum absolute atomic E-state index is 0.117. The molecule has 1 aliphatic carbocycles. The number of pyridine rings is 1. The second-order valence-corrected chi connectivity index (χ2v) is 7.13. The van der Waals surface area contributed by atoms with Crippen LogP contribution in [0.25, 0.3) is 17.2 Å². The van der Waals surface area contributed by atoms with Crippen molar-refractivity contribution in [3.8, 4) is 11.5 Å². The fourth-order valence-electron chi connectivity index (χ4n) is 3.67. The number of aromatic nitrogens is 7. The van der Waals surface area contributed by atoms with Crippen molar-refractivity contribution in [3.63, 3.8) is 0 Å². The first-order valence-electron chi connectivity index (χ1n) is 9.11. The van der Waals surface area contributed by atoms with Gasteiger partial charge >= 0.3 is 0 Å². The number of fused-ring (bicyclic) bond motifs is 2. The first-order valence-corrected chi connectivity index (χ1v) is 9.49. The van der Waals surface area contributed by atoms with E-state index in [1.54, 1.807) is 7.11 Å². The molecule has 0 saturated carbocycles. The molecule has 0 amide bonds. The van der Waals surface area contributed by atoms with Crippen LogP contribution in [-0.2, 0) is 24.1 Å². The Labute approximate surface area is 165 Å². The van der Waals surface area contributed by atoms with Crippen molar-refractivity contribution in [2.24, 2.45) is 0 Å². The van der Waals surface area contributed by atoms with Crippen LogP contribution in [0.1, 0.15) is 29.6 Å². The van der Waals surface area contributed by atoms with Gasteiger partial charge in [0, 0.05) is 25.6 Å². The monoisotopic (exact) mass is 399 g/mol. The number of halogens is 1. The SMILES string of the molecule is COCCn1nnc2c1CC(c1nc(-c3c(Cl)nc4ccccn34)no1)CC2. The molecule has 4 heterocycles. The lowest BCUT2D eigenvalue weighted by Crippen LogP contribution is -2.18. The van der Waals surface area contributed by atoms with Gasteiger partial charge in [-0.2, -0.15) is 4.98 Å². The molecular weight excluding hydrogens is 382 g/mol. The van der Waals surface area contributed by atoms with Gasteiger partial charge in [0.2, 0.25) is 11.7 Å². The summed E-state index contributed by atoms with van der Waals surface area (Å²) in [5.41, 5.74) is 3.53. The summed E-state index contributed by atoms with van der Waals surface area (Å²) in [5.74, 6) is 1.16.